The van der Waals surface area contributed by atoms with E-state index in [1.165, 1.54) is 12.8 Å². The normalized spacial score (nSPS) is 48.5. The molecule has 1 saturated heterocycles. The van der Waals surface area contributed by atoms with E-state index in [9.17, 15) is 5.21 Å². The Bertz CT molecular complexity index is 165. The van der Waals surface area contributed by atoms with Gasteiger partial charge in [-0.3, -0.25) is 16.2 Å². The monoisotopic (exact) mass is 172 g/mol. The van der Waals surface area contributed by atoms with Gasteiger partial charge in [-0.05, 0) is 12.8 Å². The zero-order chi connectivity index (χ0) is 8.55. The van der Waals surface area contributed by atoms with Gasteiger partial charge in [0.25, 0.3) is 0 Å². The largest absolute Gasteiger partial charge is 0.613 e. The van der Waals surface area contributed by atoms with Crippen molar-refractivity contribution < 1.29 is 5.17 Å². The summed E-state index contributed by atoms with van der Waals surface area (Å²) in [5.74, 6) is 0. The zero-order valence-electron chi connectivity index (χ0n) is 7.05. The number of hydrogen-bond acceptors (Lipinski definition) is 4. The van der Waals surface area contributed by atoms with Crippen LogP contribution in [0.15, 0.2) is 0 Å². The Hall–Kier alpha value is -0.200. The molecule has 70 valence electrons. The van der Waals surface area contributed by atoms with Crippen molar-refractivity contribution in [1.82, 2.24) is 10.7 Å². The lowest BCUT2D eigenvalue weighted by Crippen LogP contribution is -3.23. The molecule has 0 aromatic rings. The molecule has 5 N–H and O–H groups in total. The van der Waals surface area contributed by atoms with Gasteiger partial charge in [-0.15, -0.1) is 5.43 Å². The van der Waals surface area contributed by atoms with E-state index in [4.69, 9.17) is 5.73 Å². The molecule has 0 amide bonds. The predicted octanol–water partition coefficient (Wildman–Crippen LogP) is -1.97. The molecule has 4 atom stereocenters. The molecule has 0 spiro atoms. The molecule has 1 saturated carbocycles. The molecule has 1 aliphatic carbocycles. The lowest BCUT2D eigenvalue weighted by Gasteiger charge is -2.45. The predicted molar refractivity (Wildman–Crippen MR) is 44.6 cm³/mol. The summed E-state index contributed by atoms with van der Waals surface area (Å²) in [4.78, 5) is 0. The van der Waals surface area contributed by atoms with Crippen LogP contribution in [0.2, 0.25) is 0 Å². The lowest BCUT2D eigenvalue weighted by molar-refractivity contribution is -0.934. The van der Waals surface area contributed by atoms with Gasteiger partial charge in [0.1, 0.15) is 6.04 Å². The fourth-order valence-electron chi connectivity index (χ4n) is 2.18. The van der Waals surface area contributed by atoms with Crippen LogP contribution < -0.4 is 21.6 Å². The van der Waals surface area contributed by atoms with Crippen LogP contribution in [-0.4, -0.2) is 18.4 Å². The highest BCUT2D eigenvalue weighted by atomic mass is 16.5. The number of quaternary nitrogens is 1. The van der Waals surface area contributed by atoms with Crippen LogP contribution in [0.4, 0.5) is 0 Å². The average Bonchev–Trinajstić information content (AvgIpc) is 2.04. The number of rotatable bonds is 0. The Labute approximate surface area is 71.8 Å². The second-order valence-electron chi connectivity index (χ2n) is 3.65. The van der Waals surface area contributed by atoms with Crippen LogP contribution in [0, 0.1) is 5.21 Å². The second-order valence-corrected chi connectivity index (χ2v) is 3.65. The van der Waals surface area contributed by atoms with Gasteiger partial charge in [-0.2, -0.15) is 0 Å². The maximum atomic E-state index is 11.4. The van der Waals surface area contributed by atoms with Crippen molar-refractivity contribution in [2.24, 2.45) is 5.73 Å². The third-order valence-corrected chi connectivity index (χ3v) is 2.79. The summed E-state index contributed by atoms with van der Waals surface area (Å²) < 4.78 is 0. The van der Waals surface area contributed by atoms with E-state index in [0.29, 0.717) is 6.04 Å². The van der Waals surface area contributed by atoms with Gasteiger partial charge in [-0.25, -0.2) is 0 Å². The first-order valence-corrected chi connectivity index (χ1v) is 4.59. The molecule has 5 nitrogen and oxygen atoms in total. The smallest absolute Gasteiger partial charge is 0.156 e. The fourth-order valence-corrected chi connectivity index (χ4v) is 2.18. The van der Waals surface area contributed by atoms with Crippen molar-refractivity contribution in [2.45, 2.75) is 44.1 Å². The van der Waals surface area contributed by atoms with E-state index in [-0.39, 0.29) is 17.5 Å². The molecule has 5 heteroatoms. The Morgan fingerprint density at radius 1 is 1.33 bits per heavy atom. The third-order valence-electron chi connectivity index (χ3n) is 2.79. The first-order chi connectivity index (χ1) is 5.77. The SMILES string of the molecule is NC1NC2CCCCC2[NH+]([O-])N1. The van der Waals surface area contributed by atoms with Crippen molar-refractivity contribution in [3.63, 3.8) is 0 Å². The van der Waals surface area contributed by atoms with Gasteiger partial charge in [0.05, 0.1) is 6.04 Å². The van der Waals surface area contributed by atoms with Crippen LogP contribution in [0.25, 0.3) is 0 Å². The number of hydrogen-bond donors (Lipinski definition) is 4. The van der Waals surface area contributed by atoms with Gasteiger partial charge < -0.3 is 5.21 Å². The summed E-state index contributed by atoms with van der Waals surface area (Å²) in [6.45, 7) is 0. The minimum atomic E-state index is -0.336. The quantitative estimate of drug-likeness (QED) is 0.320. The van der Waals surface area contributed by atoms with Crippen molar-refractivity contribution in [1.29, 1.82) is 0 Å². The maximum absolute atomic E-state index is 11.4. The van der Waals surface area contributed by atoms with E-state index >= 15 is 0 Å². The molecular formula is C7H16N4O. The molecule has 0 bridgehead atoms. The minimum Gasteiger partial charge on any atom is -0.613 e. The van der Waals surface area contributed by atoms with E-state index in [2.05, 4.69) is 10.7 Å². The average molecular weight is 172 g/mol. The lowest BCUT2D eigenvalue weighted by atomic mass is 9.90. The number of nitrogens with one attached hydrogen (secondary N) is 3. The number of nitrogens with two attached hydrogens (primary N) is 1. The molecule has 12 heavy (non-hydrogen) atoms. The molecule has 1 aliphatic heterocycles. The highest BCUT2D eigenvalue weighted by Gasteiger charge is 2.35. The summed E-state index contributed by atoms with van der Waals surface area (Å²) in [6, 6.07) is 0.487. The minimum absolute atomic E-state index is 0.131. The highest BCUT2D eigenvalue weighted by Crippen LogP contribution is 2.17. The summed E-state index contributed by atoms with van der Waals surface area (Å²) in [5, 5.41) is 14.7. The van der Waals surface area contributed by atoms with Crippen LogP contribution in [-0.2, 0) is 0 Å². The van der Waals surface area contributed by atoms with Gasteiger partial charge in [0, 0.05) is 6.42 Å². The maximum Gasteiger partial charge on any atom is 0.156 e. The summed E-state index contributed by atoms with van der Waals surface area (Å²) >= 11 is 0. The molecule has 0 aromatic carbocycles. The highest BCUT2D eigenvalue weighted by molar-refractivity contribution is 4.83. The molecule has 2 rings (SSSR count). The van der Waals surface area contributed by atoms with E-state index in [0.717, 1.165) is 12.8 Å². The summed E-state index contributed by atoms with van der Waals surface area (Å²) in [6.07, 6.45) is 4.15. The van der Waals surface area contributed by atoms with Crippen LogP contribution >= 0.6 is 0 Å². The van der Waals surface area contributed by atoms with Crippen molar-refractivity contribution >= 4 is 0 Å². The molecule has 2 fully saturated rings. The Morgan fingerprint density at radius 2 is 2.08 bits per heavy atom. The van der Waals surface area contributed by atoms with Crippen LogP contribution in [0.3, 0.4) is 0 Å². The summed E-state index contributed by atoms with van der Waals surface area (Å²) in [5.41, 5.74) is 8.30. The molecule has 1 heterocycles. The molecule has 0 aromatic heterocycles. The van der Waals surface area contributed by atoms with Gasteiger partial charge in [0.15, 0.2) is 6.29 Å². The topological polar surface area (TPSA) is 77.6 Å². The Balaban J connectivity index is 2.01. The number of fused-ring (bicyclic) bond motifs is 1. The van der Waals surface area contributed by atoms with E-state index < -0.39 is 0 Å². The third kappa shape index (κ3) is 1.46. The van der Waals surface area contributed by atoms with E-state index in [1.54, 1.807) is 0 Å². The standard InChI is InChI=1S/C7H16N4O/c8-7-9-5-3-1-2-4-6(5)11(12)10-7/h5-7,9-11H,1-4,8H2. The van der Waals surface area contributed by atoms with Gasteiger partial charge >= 0.3 is 0 Å². The first-order valence-electron chi connectivity index (χ1n) is 4.59. The zero-order valence-corrected chi connectivity index (χ0v) is 7.05. The first kappa shape index (κ1) is 8.40. The van der Waals surface area contributed by atoms with Gasteiger partial charge in [0.2, 0.25) is 0 Å². The molecule has 2 aliphatic rings. The van der Waals surface area contributed by atoms with Crippen molar-refractivity contribution in [2.75, 3.05) is 0 Å². The van der Waals surface area contributed by atoms with Crippen LogP contribution in [0.1, 0.15) is 25.7 Å². The summed E-state index contributed by atoms with van der Waals surface area (Å²) in [7, 11) is 0. The number of hydroxylamine groups is 1. The Kier molecular flexibility index (Phi) is 2.29. The molecule has 4 unspecified atom stereocenters. The fraction of sp³-hybridized carbons (Fsp3) is 1.00. The van der Waals surface area contributed by atoms with E-state index in [1.807, 2.05) is 0 Å². The molecule has 0 radical (unpaired) electrons. The van der Waals surface area contributed by atoms with Crippen molar-refractivity contribution in [3.05, 3.63) is 5.21 Å². The van der Waals surface area contributed by atoms with Gasteiger partial charge in [-0.1, -0.05) is 6.42 Å². The van der Waals surface area contributed by atoms with Crippen molar-refractivity contribution in [3.8, 4) is 0 Å². The second kappa shape index (κ2) is 3.27. The molecular weight excluding hydrogens is 156 g/mol. The Morgan fingerprint density at radius 3 is 2.92 bits per heavy atom. The van der Waals surface area contributed by atoms with Crippen LogP contribution in [0.5, 0.6) is 0 Å².